The van der Waals surface area contributed by atoms with Crippen molar-refractivity contribution in [2.24, 2.45) is 0 Å². The van der Waals surface area contributed by atoms with E-state index in [-0.39, 0.29) is 0 Å². The van der Waals surface area contributed by atoms with Gasteiger partial charge in [0.25, 0.3) is 4.58 Å². The summed E-state index contributed by atoms with van der Waals surface area (Å²) in [5.41, 5.74) is 0. The van der Waals surface area contributed by atoms with Crippen molar-refractivity contribution in [2.45, 2.75) is 9.64 Å². The lowest BCUT2D eigenvalue weighted by atomic mass is 10.1. The number of halogens is 5. The molecule has 0 aliphatic heterocycles. The van der Waals surface area contributed by atoms with Gasteiger partial charge in [0.15, 0.2) is 11.7 Å². The molecule has 2 unspecified atom stereocenters. The van der Waals surface area contributed by atoms with Crippen molar-refractivity contribution in [1.82, 2.24) is 0 Å². The van der Waals surface area contributed by atoms with Gasteiger partial charge in [0, 0.05) is 7.11 Å². The van der Waals surface area contributed by atoms with Crippen LogP contribution in [0.4, 0.5) is 13.2 Å². The maximum atomic E-state index is 13.5. The van der Waals surface area contributed by atoms with Gasteiger partial charge < -0.3 is 4.74 Å². The zero-order valence-corrected chi connectivity index (χ0v) is 8.79. The van der Waals surface area contributed by atoms with Gasteiger partial charge in [0.05, 0.1) is 0 Å². The highest BCUT2D eigenvalue weighted by molar-refractivity contribution is 9.10. The Kier molecular flexibility index (Phi) is 2.81. The zero-order chi connectivity index (χ0) is 10.3. The van der Waals surface area contributed by atoms with Crippen LogP contribution in [0.3, 0.4) is 0 Å². The number of hydrogen-bond acceptors (Lipinski definition) is 1. The van der Waals surface area contributed by atoms with E-state index >= 15 is 0 Å². The Morgan fingerprint density at radius 3 is 2.54 bits per heavy atom. The van der Waals surface area contributed by atoms with E-state index in [1.807, 2.05) is 0 Å². The number of rotatable bonds is 1. The fraction of sp³-hybridized carbons (Fsp3) is 0.429. The van der Waals surface area contributed by atoms with E-state index in [0.717, 1.165) is 13.2 Å². The zero-order valence-electron chi connectivity index (χ0n) is 6.45. The second-order valence-corrected chi connectivity index (χ2v) is 4.07. The molecular weight excluding hydrogens is 272 g/mol. The minimum Gasteiger partial charge on any atom is -0.355 e. The van der Waals surface area contributed by atoms with Crippen LogP contribution in [0.2, 0.25) is 0 Å². The number of alkyl halides is 3. The molecule has 1 rings (SSSR count). The maximum absolute atomic E-state index is 13.5. The smallest absolute Gasteiger partial charge is 0.264 e. The van der Waals surface area contributed by atoms with Gasteiger partial charge in [-0.1, -0.05) is 11.6 Å². The van der Waals surface area contributed by atoms with E-state index in [1.165, 1.54) is 0 Å². The van der Waals surface area contributed by atoms with Crippen LogP contribution in [0.25, 0.3) is 0 Å². The first-order valence-corrected chi connectivity index (χ1v) is 4.39. The van der Waals surface area contributed by atoms with Crippen LogP contribution in [0, 0.1) is 0 Å². The summed E-state index contributed by atoms with van der Waals surface area (Å²) in [5.74, 6) is -2.94. The van der Waals surface area contributed by atoms with Crippen LogP contribution in [-0.2, 0) is 4.74 Å². The first-order valence-electron chi connectivity index (χ1n) is 3.22. The summed E-state index contributed by atoms with van der Waals surface area (Å²) < 4.78 is 40.6. The molecule has 0 saturated heterocycles. The Balaban J connectivity index is 3.20. The first kappa shape index (κ1) is 11.1. The third-order valence-electron chi connectivity index (χ3n) is 1.65. The molecule has 74 valence electrons. The Hall–Kier alpha value is -0.000000000000000111. The molecule has 0 amide bonds. The molecule has 0 saturated carbocycles. The van der Waals surface area contributed by atoms with Gasteiger partial charge in [-0.3, -0.25) is 0 Å². The van der Waals surface area contributed by atoms with Crippen LogP contribution in [-0.4, -0.2) is 16.7 Å². The monoisotopic (exact) mass is 276 g/mol. The van der Waals surface area contributed by atoms with Gasteiger partial charge in [-0.25, -0.2) is 13.2 Å². The molecule has 6 heteroatoms. The maximum Gasteiger partial charge on any atom is 0.264 e. The largest absolute Gasteiger partial charge is 0.355 e. The van der Waals surface area contributed by atoms with E-state index in [9.17, 15) is 13.2 Å². The Labute approximate surface area is 86.3 Å². The summed E-state index contributed by atoms with van der Waals surface area (Å²) in [4.78, 5) is 0. The summed E-state index contributed by atoms with van der Waals surface area (Å²) in [6.45, 7) is 0. The van der Waals surface area contributed by atoms with E-state index in [0.29, 0.717) is 6.08 Å². The van der Waals surface area contributed by atoms with Crippen molar-refractivity contribution in [3.05, 3.63) is 23.8 Å². The topological polar surface area (TPSA) is 9.23 Å². The van der Waals surface area contributed by atoms with Gasteiger partial charge in [0.2, 0.25) is 5.06 Å². The Morgan fingerprint density at radius 1 is 1.54 bits per heavy atom. The van der Waals surface area contributed by atoms with E-state index < -0.39 is 21.3 Å². The fourth-order valence-corrected chi connectivity index (χ4v) is 1.48. The van der Waals surface area contributed by atoms with Crippen molar-refractivity contribution < 1.29 is 17.9 Å². The van der Waals surface area contributed by atoms with Gasteiger partial charge in [-0.2, -0.15) is 0 Å². The fourth-order valence-electron chi connectivity index (χ4n) is 0.854. The first-order chi connectivity index (χ1) is 5.85. The molecular formula is C7H5BrClF3O. The average Bonchev–Trinajstić information content (AvgIpc) is 2.09. The normalized spacial score (nSPS) is 39.8. The third kappa shape index (κ3) is 1.53. The molecule has 0 fully saturated rings. The van der Waals surface area contributed by atoms with Crippen LogP contribution >= 0.6 is 27.5 Å². The highest BCUT2D eigenvalue weighted by Gasteiger charge is 2.55. The lowest BCUT2D eigenvalue weighted by Crippen LogP contribution is -2.44. The van der Waals surface area contributed by atoms with Crippen LogP contribution in [0.5, 0.6) is 0 Å². The quantitative estimate of drug-likeness (QED) is 0.668. The van der Waals surface area contributed by atoms with Crippen LogP contribution in [0.1, 0.15) is 0 Å². The molecule has 0 bridgehead atoms. The molecule has 1 aliphatic rings. The minimum atomic E-state index is -2.88. The van der Waals surface area contributed by atoms with E-state index in [4.69, 9.17) is 11.6 Å². The molecule has 1 aliphatic carbocycles. The van der Waals surface area contributed by atoms with Crippen molar-refractivity contribution in [3.8, 4) is 0 Å². The molecule has 0 radical (unpaired) electrons. The Bertz CT molecular complexity index is 289. The van der Waals surface area contributed by atoms with Crippen LogP contribution < -0.4 is 0 Å². The number of methoxy groups -OCH3 is 1. The summed E-state index contributed by atoms with van der Waals surface area (Å²) in [7, 11) is 1.09. The van der Waals surface area contributed by atoms with Crippen molar-refractivity contribution in [3.63, 3.8) is 0 Å². The standard InChI is InChI=1S/C7H5BrClF3O/c1-13-6(9)3-2-4(10)5(11)7(6,8)12/h2-3H,1H3. The van der Waals surface area contributed by atoms with Crippen molar-refractivity contribution in [2.75, 3.05) is 7.11 Å². The second kappa shape index (κ2) is 3.29. The van der Waals surface area contributed by atoms with Gasteiger partial charge in [-0.15, -0.1) is 0 Å². The molecule has 0 heterocycles. The highest BCUT2D eigenvalue weighted by Crippen LogP contribution is 2.49. The molecule has 1 nitrogen and oxygen atoms in total. The second-order valence-electron chi connectivity index (χ2n) is 2.42. The number of hydrogen-bond donors (Lipinski definition) is 0. The average molecular weight is 277 g/mol. The minimum absolute atomic E-state index is 0.713. The van der Waals surface area contributed by atoms with Crippen molar-refractivity contribution >= 4 is 27.5 Å². The lowest BCUT2D eigenvalue weighted by Gasteiger charge is -2.33. The SMILES string of the molecule is COC1(Cl)C=CC(F)=C(F)C1(F)Br. The Morgan fingerprint density at radius 2 is 2.08 bits per heavy atom. The molecule has 0 aromatic carbocycles. The predicted molar refractivity (Wildman–Crippen MR) is 46.7 cm³/mol. The predicted octanol–water partition coefficient (Wildman–Crippen LogP) is 3.35. The number of allylic oxidation sites excluding steroid dienone is 2. The van der Waals surface area contributed by atoms with Crippen LogP contribution in [0.15, 0.2) is 23.8 Å². The summed E-state index contributed by atoms with van der Waals surface area (Å²) in [5, 5.41) is -2.06. The molecule has 0 aromatic rings. The van der Waals surface area contributed by atoms with Crippen molar-refractivity contribution in [1.29, 1.82) is 0 Å². The summed E-state index contributed by atoms with van der Waals surface area (Å²) >= 11 is 7.87. The van der Waals surface area contributed by atoms with E-state index in [1.54, 1.807) is 0 Å². The van der Waals surface area contributed by atoms with Gasteiger partial charge in [-0.05, 0) is 28.1 Å². The molecule has 2 atom stereocenters. The third-order valence-corrected chi connectivity index (χ3v) is 3.36. The molecule has 0 N–H and O–H groups in total. The van der Waals surface area contributed by atoms with Gasteiger partial charge in [0.1, 0.15) is 0 Å². The van der Waals surface area contributed by atoms with Gasteiger partial charge >= 0.3 is 0 Å². The molecule has 0 spiro atoms. The highest BCUT2D eigenvalue weighted by atomic mass is 79.9. The van der Waals surface area contributed by atoms with E-state index in [2.05, 4.69) is 20.7 Å². The summed E-state index contributed by atoms with van der Waals surface area (Å²) in [6, 6.07) is 0. The number of ether oxygens (including phenoxy) is 1. The molecule has 0 aromatic heterocycles. The molecule has 13 heavy (non-hydrogen) atoms. The summed E-state index contributed by atoms with van der Waals surface area (Å²) in [6.07, 6.45) is 1.60. The lowest BCUT2D eigenvalue weighted by molar-refractivity contribution is 0.0207.